The first-order chi connectivity index (χ1) is 5.74. The van der Waals surface area contributed by atoms with Gasteiger partial charge in [-0.15, -0.1) is 5.59 Å². The van der Waals surface area contributed by atoms with E-state index in [0.29, 0.717) is 6.54 Å². The minimum absolute atomic E-state index is 0.157. The van der Waals surface area contributed by atoms with E-state index in [4.69, 9.17) is 15.4 Å². The second-order valence-electron chi connectivity index (χ2n) is 2.29. The molecule has 0 heterocycles. The summed E-state index contributed by atoms with van der Waals surface area (Å²) in [5.41, 5.74) is 4.92. The van der Waals surface area contributed by atoms with Gasteiger partial charge in [-0.3, -0.25) is 0 Å². The Balaban J connectivity index is 2.69. The molecule has 1 aromatic rings. The van der Waals surface area contributed by atoms with Crippen LogP contribution in [0.25, 0.3) is 0 Å². The van der Waals surface area contributed by atoms with Gasteiger partial charge < -0.3 is 15.4 Å². The van der Waals surface area contributed by atoms with Gasteiger partial charge in [0.05, 0.1) is 0 Å². The first-order valence-electron chi connectivity index (χ1n) is 3.37. The van der Waals surface area contributed by atoms with Crippen molar-refractivity contribution < 1.29 is 15.4 Å². The third-order valence-corrected chi connectivity index (χ3v) is 1.41. The monoisotopic (exact) mass is 170 g/mol. The van der Waals surface area contributed by atoms with Crippen molar-refractivity contribution in [3.8, 4) is 11.5 Å². The van der Waals surface area contributed by atoms with Gasteiger partial charge in [0.15, 0.2) is 11.5 Å². The van der Waals surface area contributed by atoms with Gasteiger partial charge in [-0.1, -0.05) is 6.07 Å². The Hall–Kier alpha value is -1.30. The molecule has 5 N–H and O–H groups in total. The largest absolute Gasteiger partial charge is 0.504 e. The Labute approximate surface area is 69.2 Å². The van der Waals surface area contributed by atoms with E-state index in [9.17, 15) is 0 Å². The maximum atomic E-state index is 9.04. The molecule has 0 saturated carbocycles. The molecule has 0 unspecified atom stereocenters. The van der Waals surface area contributed by atoms with Crippen molar-refractivity contribution in [1.29, 1.82) is 0 Å². The number of rotatable bonds is 3. The highest BCUT2D eigenvalue weighted by Crippen LogP contribution is 2.24. The second-order valence-corrected chi connectivity index (χ2v) is 2.29. The zero-order valence-electron chi connectivity index (χ0n) is 6.28. The topological polar surface area (TPSA) is 84.8 Å². The molecule has 1 rings (SSSR count). The van der Waals surface area contributed by atoms with E-state index in [1.807, 2.05) is 0 Å². The van der Waals surface area contributed by atoms with Crippen LogP contribution in [0.3, 0.4) is 0 Å². The van der Waals surface area contributed by atoms with Gasteiger partial charge in [0.25, 0.3) is 0 Å². The van der Waals surface area contributed by atoms with Crippen molar-refractivity contribution in [3.05, 3.63) is 23.8 Å². The van der Waals surface area contributed by atoms with E-state index < -0.39 is 0 Å². The summed E-state index contributed by atoms with van der Waals surface area (Å²) in [5.74, 6) is -0.331. The minimum atomic E-state index is -0.174. The highest BCUT2D eigenvalue weighted by Gasteiger charge is 1.99. The number of hydrogen-bond donors (Lipinski definition) is 5. The zero-order chi connectivity index (χ0) is 8.97. The van der Waals surface area contributed by atoms with Crippen molar-refractivity contribution in [3.63, 3.8) is 0 Å². The average Bonchev–Trinajstić information content (AvgIpc) is 2.07. The first-order valence-corrected chi connectivity index (χ1v) is 3.37. The first kappa shape index (κ1) is 8.79. The Kier molecular flexibility index (Phi) is 2.87. The normalized spacial score (nSPS) is 10.1. The van der Waals surface area contributed by atoms with Crippen LogP contribution in [0.1, 0.15) is 5.56 Å². The highest BCUT2D eigenvalue weighted by molar-refractivity contribution is 5.40. The SMILES string of the molecule is ONNCc1ccc(O)c(O)c1. The van der Waals surface area contributed by atoms with Gasteiger partial charge in [-0.05, 0) is 17.7 Å². The maximum Gasteiger partial charge on any atom is 0.157 e. The number of phenols is 2. The summed E-state index contributed by atoms with van der Waals surface area (Å²) in [6.07, 6.45) is 0. The lowest BCUT2D eigenvalue weighted by atomic mass is 10.2. The molecule has 5 heteroatoms. The fourth-order valence-electron chi connectivity index (χ4n) is 0.821. The van der Waals surface area contributed by atoms with E-state index in [1.54, 1.807) is 11.7 Å². The number of nitrogens with one attached hydrogen (secondary N) is 2. The molecular formula is C7H10N2O3. The molecule has 0 radical (unpaired) electrons. The minimum Gasteiger partial charge on any atom is -0.504 e. The molecule has 0 bridgehead atoms. The number of aromatic hydroxyl groups is 2. The number of benzene rings is 1. The molecule has 0 atom stereocenters. The molecule has 5 nitrogen and oxygen atoms in total. The molecule has 0 amide bonds. The molecule has 0 aliphatic rings. The standard InChI is InChI=1S/C7H10N2O3/c10-6-2-1-5(3-7(6)11)4-8-9-12/h1-3,8-12H,4H2. The summed E-state index contributed by atoms with van der Waals surface area (Å²) in [7, 11) is 0. The smallest absolute Gasteiger partial charge is 0.157 e. The third-order valence-electron chi connectivity index (χ3n) is 1.41. The molecule has 66 valence electrons. The van der Waals surface area contributed by atoms with Crippen molar-refractivity contribution in [2.75, 3.05) is 0 Å². The van der Waals surface area contributed by atoms with Gasteiger partial charge in [-0.25, -0.2) is 5.43 Å². The van der Waals surface area contributed by atoms with Crippen LogP contribution < -0.4 is 11.0 Å². The molecule has 0 aromatic heterocycles. The van der Waals surface area contributed by atoms with Crippen molar-refractivity contribution >= 4 is 0 Å². The van der Waals surface area contributed by atoms with Gasteiger partial charge in [0.2, 0.25) is 0 Å². The molecule has 0 spiro atoms. The lowest BCUT2D eigenvalue weighted by Crippen LogP contribution is -2.27. The van der Waals surface area contributed by atoms with Crippen LogP contribution in [-0.2, 0) is 6.54 Å². The Morgan fingerprint density at radius 1 is 1.17 bits per heavy atom. The predicted molar refractivity (Wildman–Crippen MR) is 41.5 cm³/mol. The van der Waals surface area contributed by atoms with Crippen LogP contribution in [0.2, 0.25) is 0 Å². The fraction of sp³-hybridized carbons (Fsp3) is 0.143. The zero-order valence-corrected chi connectivity index (χ0v) is 6.28. The number of hydrogen-bond acceptors (Lipinski definition) is 5. The second kappa shape index (κ2) is 3.91. The summed E-state index contributed by atoms with van der Waals surface area (Å²) in [6, 6.07) is 4.41. The molecule has 12 heavy (non-hydrogen) atoms. The van der Waals surface area contributed by atoms with Gasteiger partial charge >= 0.3 is 0 Å². The van der Waals surface area contributed by atoms with E-state index >= 15 is 0 Å². The van der Waals surface area contributed by atoms with Crippen molar-refractivity contribution in [2.24, 2.45) is 0 Å². The maximum absolute atomic E-state index is 9.04. The summed E-state index contributed by atoms with van der Waals surface area (Å²) in [4.78, 5) is 0. The van der Waals surface area contributed by atoms with Gasteiger partial charge in [-0.2, -0.15) is 0 Å². The summed E-state index contributed by atoms with van der Waals surface area (Å²) in [5, 5.41) is 26.2. The molecule has 0 aliphatic heterocycles. The van der Waals surface area contributed by atoms with Crippen molar-refractivity contribution in [1.82, 2.24) is 11.0 Å². The average molecular weight is 170 g/mol. The third kappa shape index (κ3) is 2.09. The van der Waals surface area contributed by atoms with E-state index in [-0.39, 0.29) is 11.5 Å². The Morgan fingerprint density at radius 3 is 2.50 bits per heavy atom. The van der Waals surface area contributed by atoms with Crippen LogP contribution in [0, 0.1) is 0 Å². The van der Waals surface area contributed by atoms with Crippen LogP contribution in [-0.4, -0.2) is 15.4 Å². The number of hydrazine groups is 1. The molecular weight excluding hydrogens is 160 g/mol. The molecule has 0 fully saturated rings. The van der Waals surface area contributed by atoms with Gasteiger partial charge in [0, 0.05) is 6.54 Å². The molecule has 0 saturated heterocycles. The van der Waals surface area contributed by atoms with Gasteiger partial charge in [0.1, 0.15) is 0 Å². The Bertz CT molecular complexity index is 265. The molecule has 1 aromatic carbocycles. The Morgan fingerprint density at radius 2 is 1.92 bits per heavy atom. The predicted octanol–water partition coefficient (Wildman–Crippen LogP) is 0.0812. The quantitative estimate of drug-likeness (QED) is 0.328. The van der Waals surface area contributed by atoms with E-state index in [0.717, 1.165) is 5.56 Å². The van der Waals surface area contributed by atoms with E-state index in [2.05, 4.69) is 5.43 Å². The lowest BCUT2D eigenvalue weighted by Gasteiger charge is -2.03. The van der Waals surface area contributed by atoms with Crippen LogP contribution in [0.4, 0.5) is 0 Å². The van der Waals surface area contributed by atoms with Crippen LogP contribution >= 0.6 is 0 Å². The fourth-order valence-corrected chi connectivity index (χ4v) is 0.821. The summed E-state index contributed by atoms with van der Waals surface area (Å²) >= 11 is 0. The van der Waals surface area contributed by atoms with E-state index in [1.165, 1.54) is 12.1 Å². The van der Waals surface area contributed by atoms with Crippen LogP contribution in [0.5, 0.6) is 11.5 Å². The summed E-state index contributed by atoms with van der Waals surface area (Å²) in [6.45, 7) is 0.352. The molecule has 0 aliphatic carbocycles. The lowest BCUT2D eigenvalue weighted by molar-refractivity contribution is 0.118. The number of phenolic OH excluding ortho intramolecular Hbond substituents is 2. The highest BCUT2D eigenvalue weighted by atomic mass is 16.5. The summed E-state index contributed by atoms with van der Waals surface area (Å²) < 4.78 is 0. The van der Waals surface area contributed by atoms with Crippen molar-refractivity contribution in [2.45, 2.75) is 6.54 Å². The van der Waals surface area contributed by atoms with Crippen LogP contribution in [0.15, 0.2) is 18.2 Å².